The number of fused-ring (bicyclic) bond motifs is 2. The Morgan fingerprint density at radius 2 is 2.00 bits per heavy atom. The van der Waals surface area contributed by atoms with Crippen LogP contribution in [0, 0.1) is 0 Å². The van der Waals surface area contributed by atoms with E-state index >= 15 is 0 Å². The summed E-state index contributed by atoms with van der Waals surface area (Å²) in [7, 11) is 0. The normalized spacial score (nSPS) is 21.9. The number of rotatable bonds is 0. The minimum absolute atomic E-state index is 0.272. The van der Waals surface area contributed by atoms with E-state index in [4.69, 9.17) is 4.74 Å². The van der Waals surface area contributed by atoms with E-state index in [2.05, 4.69) is 46.3 Å². The predicted molar refractivity (Wildman–Crippen MR) is 64.9 cm³/mol. The summed E-state index contributed by atoms with van der Waals surface area (Å²) in [6, 6.07) is 6.60. The van der Waals surface area contributed by atoms with Crippen LogP contribution in [0.15, 0.2) is 28.7 Å². The molecule has 0 unspecified atom stereocenters. The fraction of sp³-hybridized carbons (Fsp3) is 0.385. The van der Waals surface area contributed by atoms with Gasteiger partial charge in [0.2, 0.25) is 0 Å². The number of ether oxygens (including phenoxy) is 1. The van der Waals surface area contributed by atoms with Gasteiger partial charge in [-0.05, 0) is 36.1 Å². The highest BCUT2D eigenvalue weighted by Crippen LogP contribution is 2.43. The lowest BCUT2D eigenvalue weighted by Crippen LogP contribution is -2.30. The highest BCUT2D eigenvalue weighted by Gasteiger charge is 2.36. The van der Waals surface area contributed by atoms with Gasteiger partial charge >= 0.3 is 0 Å². The fourth-order valence-electron chi connectivity index (χ4n) is 2.64. The van der Waals surface area contributed by atoms with Crippen LogP contribution in [0.25, 0.3) is 6.08 Å². The average molecular weight is 265 g/mol. The van der Waals surface area contributed by atoms with Crippen molar-refractivity contribution in [3.05, 3.63) is 39.9 Å². The molecular formula is C13H13BrO. The largest absolute Gasteiger partial charge is 0.381 e. The Balaban J connectivity index is 2.07. The molecule has 0 atom stereocenters. The quantitative estimate of drug-likeness (QED) is 0.697. The number of hydrogen-bond acceptors (Lipinski definition) is 1. The predicted octanol–water partition coefficient (Wildman–Crippen LogP) is 3.52. The second kappa shape index (κ2) is 3.46. The molecule has 15 heavy (non-hydrogen) atoms. The van der Waals surface area contributed by atoms with Crippen LogP contribution in [0.2, 0.25) is 0 Å². The van der Waals surface area contributed by atoms with E-state index in [0.29, 0.717) is 0 Å². The molecule has 1 saturated heterocycles. The van der Waals surface area contributed by atoms with Gasteiger partial charge in [0.15, 0.2) is 0 Å². The van der Waals surface area contributed by atoms with E-state index in [-0.39, 0.29) is 5.41 Å². The van der Waals surface area contributed by atoms with Gasteiger partial charge in [0.25, 0.3) is 0 Å². The van der Waals surface area contributed by atoms with E-state index in [1.54, 1.807) is 0 Å². The van der Waals surface area contributed by atoms with Crippen molar-refractivity contribution in [1.29, 1.82) is 0 Å². The second-order valence-corrected chi connectivity index (χ2v) is 5.25. The van der Waals surface area contributed by atoms with Gasteiger partial charge in [0.1, 0.15) is 0 Å². The molecule has 1 aliphatic heterocycles. The maximum atomic E-state index is 5.45. The van der Waals surface area contributed by atoms with Crippen molar-refractivity contribution in [3.8, 4) is 0 Å². The Bertz CT molecular complexity index is 417. The number of benzene rings is 1. The zero-order chi connectivity index (χ0) is 10.3. The van der Waals surface area contributed by atoms with Gasteiger partial charge in [0, 0.05) is 23.1 Å². The van der Waals surface area contributed by atoms with Gasteiger partial charge in [-0.3, -0.25) is 0 Å². The van der Waals surface area contributed by atoms with Gasteiger partial charge < -0.3 is 4.74 Å². The molecule has 2 heteroatoms. The Hall–Kier alpha value is -0.600. The molecule has 1 nitrogen and oxygen atoms in total. The minimum atomic E-state index is 0.272. The average Bonchev–Trinajstić information content (AvgIpc) is 2.58. The monoisotopic (exact) mass is 264 g/mol. The molecule has 0 radical (unpaired) electrons. The standard InChI is InChI=1S/C13H13BrO/c14-11-1-2-12-10(9-11)3-4-13(12)5-7-15-8-6-13/h1-4,9H,5-8H2. The molecule has 0 bridgehead atoms. The minimum Gasteiger partial charge on any atom is -0.381 e. The molecule has 1 aliphatic carbocycles. The SMILES string of the molecule is Brc1ccc2c(c1)C=CC21CCOCC1. The molecule has 0 amide bonds. The summed E-state index contributed by atoms with van der Waals surface area (Å²) in [5, 5.41) is 0. The lowest BCUT2D eigenvalue weighted by atomic mass is 9.76. The molecule has 1 aromatic rings. The van der Waals surface area contributed by atoms with Gasteiger partial charge in [-0.15, -0.1) is 0 Å². The number of halogens is 1. The van der Waals surface area contributed by atoms with E-state index < -0.39 is 0 Å². The molecule has 1 spiro atoms. The Labute approximate surface area is 98.3 Å². The number of hydrogen-bond donors (Lipinski definition) is 0. The summed E-state index contributed by atoms with van der Waals surface area (Å²) in [6.07, 6.45) is 6.87. The summed E-state index contributed by atoms with van der Waals surface area (Å²) >= 11 is 3.52. The molecule has 0 saturated carbocycles. The van der Waals surface area contributed by atoms with Crippen LogP contribution in [-0.4, -0.2) is 13.2 Å². The molecule has 2 aliphatic rings. The third-order valence-corrected chi connectivity index (χ3v) is 4.01. The van der Waals surface area contributed by atoms with E-state index in [1.165, 1.54) is 11.1 Å². The maximum absolute atomic E-state index is 5.45. The Morgan fingerprint density at radius 1 is 1.20 bits per heavy atom. The first-order valence-electron chi connectivity index (χ1n) is 5.37. The fourth-order valence-corrected chi connectivity index (χ4v) is 3.01. The van der Waals surface area contributed by atoms with E-state index in [0.717, 1.165) is 30.5 Å². The van der Waals surface area contributed by atoms with Crippen LogP contribution in [0.1, 0.15) is 24.0 Å². The summed E-state index contributed by atoms with van der Waals surface area (Å²) in [5.41, 5.74) is 3.12. The van der Waals surface area contributed by atoms with Crippen LogP contribution in [0.3, 0.4) is 0 Å². The molecule has 0 N–H and O–H groups in total. The Morgan fingerprint density at radius 3 is 2.80 bits per heavy atom. The molecule has 3 rings (SSSR count). The second-order valence-electron chi connectivity index (χ2n) is 4.33. The van der Waals surface area contributed by atoms with Crippen LogP contribution in [0.4, 0.5) is 0 Å². The molecule has 1 heterocycles. The van der Waals surface area contributed by atoms with Crippen LogP contribution < -0.4 is 0 Å². The highest BCUT2D eigenvalue weighted by atomic mass is 79.9. The van der Waals surface area contributed by atoms with Gasteiger partial charge in [-0.1, -0.05) is 34.1 Å². The highest BCUT2D eigenvalue weighted by molar-refractivity contribution is 9.10. The van der Waals surface area contributed by atoms with Crippen LogP contribution >= 0.6 is 15.9 Å². The molecule has 1 fully saturated rings. The van der Waals surface area contributed by atoms with Gasteiger partial charge in [0.05, 0.1) is 0 Å². The smallest absolute Gasteiger partial charge is 0.0477 e. The lowest BCUT2D eigenvalue weighted by Gasteiger charge is -2.33. The topological polar surface area (TPSA) is 9.23 Å². The van der Waals surface area contributed by atoms with Crippen molar-refractivity contribution in [1.82, 2.24) is 0 Å². The number of allylic oxidation sites excluding steroid dienone is 1. The first kappa shape index (κ1) is 9.61. The lowest BCUT2D eigenvalue weighted by molar-refractivity contribution is 0.0663. The molecule has 1 aromatic carbocycles. The summed E-state index contributed by atoms with van der Waals surface area (Å²) < 4.78 is 6.61. The van der Waals surface area contributed by atoms with Crippen molar-refractivity contribution in [2.45, 2.75) is 18.3 Å². The van der Waals surface area contributed by atoms with Crippen LogP contribution in [0.5, 0.6) is 0 Å². The first-order chi connectivity index (χ1) is 7.30. The van der Waals surface area contributed by atoms with Crippen molar-refractivity contribution in [3.63, 3.8) is 0 Å². The van der Waals surface area contributed by atoms with Gasteiger partial charge in [-0.25, -0.2) is 0 Å². The third kappa shape index (κ3) is 1.47. The first-order valence-corrected chi connectivity index (χ1v) is 6.17. The zero-order valence-corrected chi connectivity index (χ0v) is 10.1. The van der Waals surface area contributed by atoms with Crippen molar-refractivity contribution in [2.24, 2.45) is 0 Å². The third-order valence-electron chi connectivity index (χ3n) is 3.52. The summed E-state index contributed by atoms with van der Waals surface area (Å²) in [6.45, 7) is 1.78. The summed E-state index contributed by atoms with van der Waals surface area (Å²) in [4.78, 5) is 0. The van der Waals surface area contributed by atoms with Gasteiger partial charge in [-0.2, -0.15) is 0 Å². The molecule has 78 valence electrons. The van der Waals surface area contributed by atoms with Crippen molar-refractivity contribution < 1.29 is 4.74 Å². The molecule has 0 aromatic heterocycles. The zero-order valence-electron chi connectivity index (χ0n) is 8.50. The summed E-state index contributed by atoms with van der Waals surface area (Å²) in [5.74, 6) is 0. The maximum Gasteiger partial charge on any atom is 0.0477 e. The van der Waals surface area contributed by atoms with Crippen LogP contribution in [-0.2, 0) is 10.2 Å². The Kier molecular flexibility index (Phi) is 2.22. The van der Waals surface area contributed by atoms with E-state index in [1.807, 2.05) is 0 Å². The molecular weight excluding hydrogens is 252 g/mol. The van der Waals surface area contributed by atoms with E-state index in [9.17, 15) is 0 Å². The van der Waals surface area contributed by atoms with Crippen molar-refractivity contribution in [2.75, 3.05) is 13.2 Å². The van der Waals surface area contributed by atoms with Crippen molar-refractivity contribution >= 4 is 22.0 Å².